The van der Waals surface area contributed by atoms with Gasteiger partial charge in [-0.3, -0.25) is 9.59 Å². The molecule has 0 fully saturated rings. The van der Waals surface area contributed by atoms with Crippen LogP contribution in [0.4, 0.5) is 0 Å². The van der Waals surface area contributed by atoms with Crippen molar-refractivity contribution >= 4 is 27.5 Å². The molecule has 126 valence electrons. The molecule has 0 aliphatic heterocycles. The SMILES string of the molecule is CCCC[C@H](CC)CNC(=O)Cn1c(=O)[nH]c2ccsc2c1=O. The van der Waals surface area contributed by atoms with Gasteiger partial charge in [-0.05, 0) is 23.8 Å². The number of rotatable bonds is 8. The monoisotopic (exact) mass is 337 g/mol. The van der Waals surface area contributed by atoms with Gasteiger partial charge >= 0.3 is 5.69 Å². The third-order valence-electron chi connectivity index (χ3n) is 4.02. The van der Waals surface area contributed by atoms with Crippen molar-refractivity contribution in [3.63, 3.8) is 0 Å². The molecule has 0 aliphatic carbocycles. The highest BCUT2D eigenvalue weighted by molar-refractivity contribution is 7.17. The van der Waals surface area contributed by atoms with E-state index in [2.05, 4.69) is 24.1 Å². The van der Waals surface area contributed by atoms with Crippen molar-refractivity contribution in [3.05, 3.63) is 32.3 Å². The van der Waals surface area contributed by atoms with E-state index >= 15 is 0 Å². The third kappa shape index (κ3) is 4.31. The lowest BCUT2D eigenvalue weighted by Gasteiger charge is -2.15. The number of H-pyrrole nitrogens is 1. The molecule has 0 unspecified atom stereocenters. The Morgan fingerprint density at radius 3 is 2.87 bits per heavy atom. The summed E-state index contributed by atoms with van der Waals surface area (Å²) in [5.74, 6) is 0.136. The summed E-state index contributed by atoms with van der Waals surface area (Å²) in [7, 11) is 0. The minimum Gasteiger partial charge on any atom is -0.354 e. The largest absolute Gasteiger partial charge is 0.354 e. The predicted octanol–water partition coefficient (Wildman–Crippen LogP) is 2.08. The van der Waals surface area contributed by atoms with Crippen LogP contribution in [0.15, 0.2) is 21.0 Å². The number of nitrogens with one attached hydrogen (secondary N) is 2. The second kappa shape index (κ2) is 8.10. The zero-order valence-corrected chi connectivity index (χ0v) is 14.4. The number of hydrogen-bond acceptors (Lipinski definition) is 4. The quantitative estimate of drug-likeness (QED) is 0.773. The molecule has 2 heterocycles. The van der Waals surface area contributed by atoms with E-state index < -0.39 is 11.2 Å². The van der Waals surface area contributed by atoms with E-state index in [4.69, 9.17) is 0 Å². The van der Waals surface area contributed by atoms with Gasteiger partial charge in [0.05, 0.1) is 5.52 Å². The van der Waals surface area contributed by atoms with Crippen LogP contribution in [-0.2, 0) is 11.3 Å². The maximum Gasteiger partial charge on any atom is 0.329 e. The van der Waals surface area contributed by atoms with Crippen LogP contribution >= 0.6 is 11.3 Å². The number of hydrogen-bond donors (Lipinski definition) is 2. The topological polar surface area (TPSA) is 84.0 Å². The number of carbonyl (C=O) groups excluding carboxylic acids is 1. The van der Waals surface area contributed by atoms with Gasteiger partial charge in [0.2, 0.25) is 5.91 Å². The van der Waals surface area contributed by atoms with Gasteiger partial charge in [0.1, 0.15) is 11.2 Å². The smallest absolute Gasteiger partial charge is 0.329 e. The summed E-state index contributed by atoms with van der Waals surface area (Å²) in [4.78, 5) is 38.9. The van der Waals surface area contributed by atoms with Gasteiger partial charge in [0.25, 0.3) is 5.56 Å². The fourth-order valence-corrected chi connectivity index (χ4v) is 3.31. The normalized spacial score (nSPS) is 12.4. The van der Waals surface area contributed by atoms with Crippen LogP contribution < -0.4 is 16.6 Å². The molecule has 0 bridgehead atoms. The number of nitrogens with zero attached hydrogens (tertiary/aromatic N) is 1. The first-order valence-corrected chi connectivity index (χ1v) is 8.91. The molecule has 0 radical (unpaired) electrons. The molecule has 2 N–H and O–H groups in total. The fourth-order valence-electron chi connectivity index (χ4n) is 2.52. The van der Waals surface area contributed by atoms with Gasteiger partial charge in [0, 0.05) is 6.54 Å². The molecule has 6 nitrogen and oxygen atoms in total. The zero-order valence-electron chi connectivity index (χ0n) is 13.6. The molecule has 2 aromatic rings. The Hall–Kier alpha value is -1.89. The van der Waals surface area contributed by atoms with Crippen LogP contribution in [0.1, 0.15) is 39.5 Å². The van der Waals surface area contributed by atoms with Crippen LogP contribution in [0.2, 0.25) is 0 Å². The standard InChI is InChI=1S/C16H23N3O3S/c1-3-5-6-11(4-2)9-17-13(20)10-19-15(21)14-12(7-8-23-14)18-16(19)22/h7-8,11H,3-6,9-10H2,1-2H3,(H,17,20)(H,18,22)/t11-/m0/s1. The minimum atomic E-state index is -0.547. The van der Waals surface area contributed by atoms with Crippen molar-refractivity contribution in [1.29, 1.82) is 0 Å². The van der Waals surface area contributed by atoms with Crippen molar-refractivity contribution in [2.45, 2.75) is 46.1 Å². The molecule has 0 saturated carbocycles. The number of aromatic nitrogens is 2. The molecule has 0 saturated heterocycles. The van der Waals surface area contributed by atoms with E-state index in [1.807, 2.05) is 0 Å². The molecule has 0 aromatic carbocycles. The molecule has 1 atom stereocenters. The number of unbranched alkanes of at least 4 members (excludes halogenated alkanes) is 1. The Balaban J connectivity index is 2.03. The minimum absolute atomic E-state index is 0.244. The first-order chi connectivity index (χ1) is 11.1. The van der Waals surface area contributed by atoms with Gasteiger partial charge in [-0.1, -0.05) is 33.1 Å². The lowest BCUT2D eigenvalue weighted by Crippen LogP contribution is -2.41. The molecule has 2 aromatic heterocycles. The number of aromatic amines is 1. The van der Waals surface area contributed by atoms with Crippen LogP contribution in [0.25, 0.3) is 10.2 Å². The van der Waals surface area contributed by atoms with Crippen LogP contribution in [0.3, 0.4) is 0 Å². The van der Waals surface area contributed by atoms with Crippen molar-refractivity contribution in [3.8, 4) is 0 Å². The van der Waals surface area contributed by atoms with Gasteiger partial charge < -0.3 is 10.3 Å². The predicted molar refractivity (Wildman–Crippen MR) is 93.0 cm³/mol. The molecule has 1 amide bonds. The second-order valence-electron chi connectivity index (χ2n) is 5.71. The van der Waals surface area contributed by atoms with E-state index in [1.165, 1.54) is 11.3 Å². The van der Waals surface area contributed by atoms with Crippen molar-refractivity contribution in [1.82, 2.24) is 14.9 Å². The highest BCUT2D eigenvalue weighted by atomic mass is 32.1. The van der Waals surface area contributed by atoms with E-state index in [1.54, 1.807) is 11.4 Å². The van der Waals surface area contributed by atoms with Crippen molar-refractivity contribution in [2.75, 3.05) is 6.54 Å². The van der Waals surface area contributed by atoms with Crippen LogP contribution in [-0.4, -0.2) is 22.0 Å². The summed E-state index contributed by atoms with van der Waals surface area (Å²) < 4.78 is 1.42. The Kier molecular flexibility index (Phi) is 6.15. The first-order valence-electron chi connectivity index (χ1n) is 8.03. The number of carbonyl (C=O) groups is 1. The number of fused-ring (bicyclic) bond motifs is 1. The van der Waals surface area contributed by atoms with E-state index in [0.717, 1.165) is 30.3 Å². The van der Waals surface area contributed by atoms with Gasteiger partial charge in [-0.15, -0.1) is 11.3 Å². The Morgan fingerprint density at radius 2 is 2.17 bits per heavy atom. The summed E-state index contributed by atoms with van der Waals surface area (Å²) in [6.45, 7) is 4.59. The number of thiophene rings is 1. The van der Waals surface area contributed by atoms with E-state index in [-0.39, 0.29) is 12.5 Å². The molecule has 0 spiro atoms. The van der Waals surface area contributed by atoms with E-state index in [9.17, 15) is 14.4 Å². The molecular weight excluding hydrogens is 314 g/mol. The Labute approximate surface area is 138 Å². The second-order valence-corrected chi connectivity index (χ2v) is 6.62. The highest BCUT2D eigenvalue weighted by Gasteiger charge is 2.13. The van der Waals surface area contributed by atoms with Crippen molar-refractivity contribution < 1.29 is 4.79 Å². The zero-order chi connectivity index (χ0) is 16.8. The Bertz CT molecular complexity index is 775. The Morgan fingerprint density at radius 1 is 1.39 bits per heavy atom. The van der Waals surface area contributed by atoms with Gasteiger partial charge in [-0.25, -0.2) is 9.36 Å². The average Bonchev–Trinajstić information content (AvgIpc) is 3.00. The molecular formula is C16H23N3O3S. The fraction of sp³-hybridized carbons (Fsp3) is 0.562. The average molecular weight is 337 g/mol. The van der Waals surface area contributed by atoms with Crippen LogP contribution in [0.5, 0.6) is 0 Å². The summed E-state index contributed by atoms with van der Waals surface area (Å²) in [6.07, 6.45) is 4.36. The third-order valence-corrected chi connectivity index (χ3v) is 4.93. The first kappa shape index (κ1) is 17.5. The van der Waals surface area contributed by atoms with Gasteiger partial charge in [-0.2, -0.15) is 0 Å². The summed E-state index contributed by atoms with van der Waals surface area (Å²) in [5.41, 5.74) is -0.437. The molecule has 0 aliphatic rings. The van der Waals surface area contributed by atoms with Gasteiger partial charge in [0.15, 0.2) is 0 Å². The summed E-state index contributed by atoms with van der Waals surface area (Å²) >= 11 is 1.26. The molecule has 7 heteroatoms. The maximum absolute atomic E-state index is 12.3. The van der Waals surface area contributed by atoms with Crippen LogP contribution in [0, 0.1) is 5.92 Å². The highest BCUT2D eigenvalue weighted by Crippen LogP contribution is 2.12. The van der Waals surface area contributed by atoms with E-state index in [0.29, 0.717) is 22.7 Å². The summed E-state index contributed by atoms with van der Waals surface area (Å²) in [6, 6.07) is 1.69. The number of amides is 1. The lowest BCUT2D eigenvalue weighted by atomic mass is 9.99. The van der Waals surface area contributed by atoms with Crippen molar-refractivity contribution in [2.24, 2.45) is 5.92 Å². The lowest BCUT2D eigenvalue weighted by molar-refractivity contribution is -0.122. The molecule has 23 heavy (non-hydrogen) atoms. The summed E-state index contributed by atoms with van der Waals surface area (Å²) in [5, 5.41) is 4.58. The molecule has 2 rings (SSSR count). The maximum atomic E-state index is 12.3.